The lowest BCUT2D eigenvalue weighted by Crippen LogP contribution is -2.51. The number of hydrogen-bond acceptors (Lipinski definition) is 7. The zero-order valence-corrected chi connectivity index (χ0v) is 14.8. The van der Waals surface area contributed by atoms with Crippen LogP contribution < -0.4 is 5.56 Å². The number of aromatic nitrogens is 5. The minimum atomic E-state index is -0.395. The van der Waals surface area contributed by atoms with Gasteiger partial charge >= 0.3 is 6.09 Å². The van der Waals surface area contributed by atoms with Crippen LogP contribution in [0.5, 0.6) is 0 Å². The van der Waals surface area contributed by atoms with Crippen molar-refractivity contribution in [2.24, 2.45) is 0 Å². The van der Waals surface area contributed by atoms with E-state index in [1.54, 1.807) is 16.7 Å². The molecule has 0 N–H and O–H groups in total. The van der Waals surface area contributed by atoms with Crippen LogP contribution in [0.4, 0.5) is 4.79 Å². The maximum atomic E-state index is 12.5. The Bertz CT molecular complexity index is 866. The van der Waals surface area contributed by atoms with Gasteiger partial charge in [0.1, 0.15) is 12.9 Å². The summed E-state index contributed by atoms with van der Waals surface area (Å²) in [6.45, 7) is 5.97. The third-order valence-corrected chi connectivity index (χ3v) is 4.26. The number of nitrogens with zero attached hydrogens (tertiary/aromatic N) is 7. The molecule has 0 unspecified atom stereocenters. The fourth-order valence-corrected chi connectivity index (χ4v) is 2.81. The summed E-state index contributed by atoms with van der Waals surface area (Å²) >= 11 is 0. The minimum Gasteiger partial charge on any atom is -0.450 e. The Hall–Kier alpha value is -2.98. The summed E-state index contributed by atoms with van der Waals surface area (Å²) in [5, 5.41) is 7.72. The highest BCUT2D eigenvalue weighted by Gasteiger charge is 2.25. The number of fused-ring (bicyclic) bond motifs is 1. The molecule has 0 spiro atoms. The minimum absolute atomic E-state index is 0.125. The molecule has 1 saturated heterocycles. The second kappa shape index (κ2) is 7.50. The standard InChI is InChI=1S/C15H21N7O4/c1-3-22-13-12(17-18-22)14(24)21(10-16-13)9-11(23)19-5-7-20(8-6-19)15(25)26-4-2/h10H,3-9H2,1-2H3. The van der Waals surface area contributed by atoms with Crippen molar-refractivity contribution in [3.05, 3.63) is 16.7 Å². The molecule has 26 heavy (non-hydrogen) atoms. The zero-order chi connectivity index (χ0) is 18.7. The maximum absolute atomic E-state index is 12.5. The smallest absolute Gasteiger partial charge is 0.409 e. The molecule has 3 rings (SSSR count). The first kappa shape index (κ1) is 17.8. The summed E-state index contributed by atoms with van der Waals surface area (Å²) < 4.78 is 7.71. The number of piperazine rings is 1. The molecule has 0 atom stereocenters. The van der Waals surface area contributed by atoms with Gasteiger partial charge in [-0.1, -0.05) is 5.21 Å². The molecular weight excluding hydrogens is 342 g/mol. The molecular formula is C15H21N7O4. The molecule has 3 heterocycles. The molecule has 0 aromatic carbocycles. The van der Waals surface area contributed by atoms with Crippen molar-refractivity contribution in [3.8, 4) is 0 Å². The first-order valence-corrected chi connectivity index (χ1v) is 8.53. The Morgan fingerprint density at radius 1 is 1.15 bits per heavy atom. The van der Waals surface area contributed by atoms with Crippen molar-refractivity contribution in [2.75, 3.05) is 32.8 Å². The summed E-state index contributed by atoms with van der Waals surface area (Å²) in [7, 11) is 0. The Kier molecular flexibility index (Phi) is 5.14. The lowest BCUT2D eigenvalue weighted by Gasteiger charge is -2.34. The average Bonchev–Trinajstić information content (AvgIpc) is 3.08. The molecule has 11 nitrogen and oxygen atoms in total. The second-order valence-electron chi connectivity index (χ2n) is 5.82. The number of amides is 2. The summed E-state index contributed by atoms with van der Waals surface area (Å²) in [6.07, 6.45) is 0.969. The first-order valence-electron chi connectivity index (χ1n) is 8.53. The van der Waals surface area contributed by atoms with Crippen LogP contribution >= 0.6 is 0 Å². The van der Waals surface area contributed by atoms with Gasteiger partial charge in [-0.05, 0) is 13.8 Å². The molecule has 11 heteroatoms. The van der Waals surface area contributed by atoms with Crippen LogP contribution in [-0.2, 0) is 22.6 Å². The number of carbonyl (C=O) groups is 2. The highest BCUT2D eigenvalue weighted by molar-refractivity contribution is 5.77. The van der Waals surface area contributed by atoms with Gasteiger partial charge in [-0.25, -0.2) is 14.5 Å². The van der Waals surface area contributed by atoms with E-state index >= 15 is 0 Å². The molecule has 140 valence electrons. The SMILES string of the molecule is CCOC(=O)N1CCN(C(=O)Cn2cnc3c(nnn3CC)c2=O)CC1. The van der Waals surface area contributed by atoms with E-state index in [9.17, 15) is 14.4 Å². The van der Waals surface area contributed by atoms with Crippen molar-refractivity contribution < 1.29 is 14.3 Å². The molecule has 0 bridgehead atoms. The predicted molar refractivity (Wildman–Crippen MR) is 90.4 cm³/mol. The molecule has 2 amide bonds. The fraction of sp³-hybridized carbons (Fsp3) is 0.600. The first-order chi connectivity index (χ1) is 12.5. The van der Waals surface area contributed by atoms with Crippen LogP contribution in [-0.4, -0.2) is 79.1 Å². The van der Waals surface area contributed by atoms with E-state index in [0.717, 1.165) is 0 Å². The van der Waals surface area contributed by atoms with Gasteiger partial charge in [-0.2, -0.15) is 0 Å². The van der Waals surface area contributed by atoms with Crippen LogP contribution in [0.3, 0.4) is 0 Å². The van der Waals surface area contributed by atoms with Gasteiger partial charge in [0.2, 0.25) is 5.91 Å². The Morgan fingerprint density at radius 3 is 2.50 bits per heavy atom. The Morgan fingerprint density at radius 2 is 1.85 bits per heavy atom. The van der Waals surface area contributed by atoms with E-state index in [4.69, 9.17) is 4.74 Å². The van der Waals surface area contributed by atoms with E-state index in [1.807, 2.05) is 6.92 Å². The monoisotopic (exact) mass is 363 g/mol. The Balaban J connectivity index is 1.66. The van der Waals surface area contributed by atoms with Gasteiger partial charge in [0, 0.05) is 32.7 Å². The number of carbonyl (C=O) groups excluding carboxylic acids is 2. The van der Waals surface area contributed by atoms with E-state index in [2.05, 4.69) is 15.3 Å². The lowest BCUT2D eigenvalue weighted by molar-refractivity contribution is -0.133. The molecule has 0 aliphatic carbocycles. The summed E-state index contributed by atoms with van der Waals surface area (Å²) in [6, 6.07) is 0. The molecule has 1 aliphatic rings. The van der Waals surface area contributed by atoms with Crippen LogP contribution in [0.1, 0.15) is 13.8 Å². The van der Waals surface area contributed by atoms with Crippen molar-refractivity contribution in [2.45, 2.75) is 26.9 Å². The zero-order valence-electron chi connectivity index (χ0n) is 14.8. The normalized spacial score (nSPS) is 14.7. The van der Waals surface area contributed by atoms with E-state index in [-0.39, 0.29) is 24.1 Å². The van der Waals surface area contributed by atoms with E-state index in [1.165, 1.54) is 15.6 Å². The average molecular weight is 363 g/mol. The summed E-state index contributed by atoms with van der Waals surface area (Å²) in [4.78, 5) is 44.0. The van der Waals surface area contributed by atoms with Crippen molar-refractivity contribution in [1.82, 2.24) is 34.3 Å². The summed E-state index contributed by atoms with van der Waals surface area (Å²) in [5.41, 5.74) is 0.159. The highest BCUT2D eigenvalue weighted by Crippen LogP contribution is 2.06. The maximum Gasteiger partial charge on any atom is 0.409 e. The fourth-order valence-electron chi connectivity index (χ4n) is 2.81. The van der Waals surface area contributed by atoms with E-state index in [0.29, 0.717) is 45.0 Å². The highest BCUT2D eigenvalue weighted by atomic mass is 16.6. The summed E-state index contributed by atoms with van der Waals surface area (Å²) in [5.74, 6) is -0.209. The van der Waals surface area contributed by atoms with Crippen molar-refractivity contribution in [3.63, 3.8) is 0 Å². The van der Waals surface area contributed by atoms with E-state index < -0.39 is 5.56 Å². The van der Waals surface area contributed by atoms with Crippen LogP contribution in [0.25, 0.3) is 11.2 Å². The largest absolute Gasteiger partial charge is 0.450 e. The topological polar surface area (TPSA) is 115 Å². The van der Waals surface area contributed by atoms with Crippen molar-refractivity contribution >= 4 is 23.2 Å². The van der Waals surface area contributed by atoms with Crippen molar-refractivity contribution in [1.29, 1.82) is 0 Å². The second-order valence-corrected chi connectivity index (χ2v) is 5.82. The van der Waals surface area contributed by atoms with Gasteiger partial charge in [0.15, 0.2) is 11.2 Å². The predicted octanol–water partition coefficient (Wildman–Crippen LogP) is -0.691. The number of rotatable bonds is 4. The van der Waals surface area contributed by atoms with Gasteiger partial charge in [0.05, 0.1) is 6.61 Å². The quantitative estimate of drug-likeness (QED) is 0.706. The molecule has 1 fully saturated rings. The van der Waals surface area contributed by atoms with Gasteiger partial charge < -0.3 is 14.5 Å². The number of hydrogen-bond donors (Lipinski definition) is 0. The number of aryl methyl sites for hydroxylation is 1. The third-order valence-electron chi connectivity index (χ3n) is 4.26. The Labute approximate surface area is 149 Å². The number of ether oxygens (including phenoxy) is 1. The lowest BCUT2D eigenvalue weighted by atomic mass is 10.3. The molecule has 0 saturated carbocycles. The van der Waals surface area contributed by atoms with Crippen LogP contribution in [0.15, 0.2) is 11.1 Å². The molecule has 2 aromatic rings. The molecule has 1 aliphatic heterocycles. The molecule has 0 radical (unpaired) electrons. The van der Waals surface area contributed by atoms with Gasteiger partial charge in [0.25, 0.3) is 5.56 Å². The van der Waals surface area contributed by atoms with Crippen LogP contribution in [0.2, 0.25) is 0 Å². The van der Waals surface area contributed by atoms with Gasteiger partial charge in [-0.15, -0.1) is 5.10 Å². The van der Waals surface area contributed by atoms with Crippen LogP contribution in [0, 0.1) is 0 Å². The van der Waals surface area contributed by atoms with Gasteiger partial charge in [-0.3, -0.25) is 14.2 Å². The molecule has 2 aromatic heterocycles. The third kappa shape index (κ3) is 3.37.